The first-order valence-corrected chi connectivity index (χ1v) is 10.9. The number of urea groups is 1. The van der Waals surface area contributed by atoms with Crippen LogP contribution in [-0.2, 0) is 11.3 Å². The third-order valence-corrected chi connectivity index (χ3v) is 5.73. The zero-order valence-electron chi connectivity index (χ0n) is 18.5. The van der Waals surface area contributed by atoms with Gasteiger partial charge in [-0.3, -0.25) is 9.59 Å². The molecule has 0 aliphatic carbocycles. The van der Waals surface area contributed by atoms with Gasteiger partial charge < -0.3 is 30.7 Å². The average Bonchev–Trinajstić information content (AvgIpc) is 2.93. The zero-order chi connectivity index (χ0) is 24.1. The van der Waals surface area contributed by atoms with Crippen molar-refractivity contribution < 1.29 is 24.2 Å². The summed E-state index contributed by atoms with van der Waals surface area (Å²) in [6.45, 7) is 3.90. The number of rotatable bonds is 6. The van der Waals surface area contributed by atoms with Crippen LogP contribution in [0.25, 0.3) is 0 Å². The molecule has 0 fully saturated rings. The van der Waals surface area contributed by atoms with E-state index in [4.69, 9.17) is 22.1 Å². The number of carbonyl (C=O) groups is 3. The number of hydrogen-bond donors (Lipinski definition) is 3. The van der Waals surface area contributed by atoms with Crippen LogP contribution in [0.4, 0.5) is 10.5 Å². The predicted octanol–water partition coefficient (Wildman–Crippen LogP) is 2.15. The Balaban J connectivity index is 1.92. The van der Waals surface area contributed by atoms with Crippen LogP contribution in [-0.4, -0.2) is 59.7 Å². The summed E-state index contributed by atoms with van der Waals surface area (Å²) in [7, 11) is 0. The number of halogens is 1. The molecule has 2 aromatic rings. The van der Waals surface area contributed by atoms with Crippen molar-refractivity contribution in [3.63, 3.8) is 0 Å². The Hall–Kier alpha value is -3.30. The Labute approximate surface area is 197 Å². The topological polar surface area (TPSA) is 125 Å². The quantitative estimate of drug-likeness (QED) is 0.591. The van der Waals surface area contributed by atoms with Gasteiger partial charge in [-0.1, -0.05) is 29.8 Å². The number of primary amides is 1. The molecule has 1 aliphatic rings. The van der Waals surface area contributed by atoms with Crippen LogP contribution in [0, 0.1) is 0 Å². The molecule has 176 valence electrons. The first-order valence-electron chi connectivity index (χ1n) is 10.6. The molecule has 0 spiro atoms. The Morgan fingerprint density at radius 2 is 2.00 bits per heavy atom. The number of nitrogens with one attached hydrogen (secondary N) is 1. The maximum Gasteiger partial charge on any atom is 0.318 e. The summed E-state index contributed by atoms with van der Waals surface area (Å²) >= 11 is 6.40. The number of carbonyl (C=O) groups excluding carboxylic acids is 3. The molecule has 0 radical (unpaired) electrons. The van der Waals surface area contributed by atoms with Crippen molar-refractivity contribution in [2.75, 3.05) is 24.7 Å². The van der Waals surface area contributed by atoms with E-state index in [0.29, 0.717) is 23.6 Å². The highest BCUT2D eigenvalue weighted by atomic mass is 35.5. The van der Waals surface area contributed by atoms with E-state index >= 15 is 0 Å². The van der Waals surface area contributed by atoms with E-state index in [9.17, 15) is 19.5 Å². The summed E-state index contributed by atoms with van der Waals surface area (Å²) in [5.41, 5.74) is 6.94. The molecule has 1 unspecified atom stereocenters. The lowest BCUT2D eigenvalue weighted by Gasteiger charge is -2.30. The Morgan fingerprint density at radius 1 is 1.27 bits per heavy atom. The number of aliphatic hydroxyl groups excluding tert-OH is 1. The highest BCUT2D eigenvalue weighted by Crippen LogP contribution is 2.31. The summed E-state index contributed by atoms with van der Waals surface area (Å²) in [6, 6.07) is 9.98. The van der Waals surface area contributed by atoms with Crippen molar-refractivity contribution in [3.8, 4) is 5.75 Å². The monoisotopic (exact) mass is 474 g/mol. The normalized spacial score (nSPS) is 16.4. The molecule has 2 aromatic carbocycles. The third-order valence-electron chi connectivity index (χ3n) is 5.41. The summed E-state index contributed by atoms with van der Waals surface area (Å²) in [5, 5.41) is 12.1. The smallest absolute Gasteiger partial charge is 0.318 e. The van der Waals surface area contributed by atoms with Crippen LogP contribution in [0.3, 0.4) is 0 Å². The van der Waals surface area contributed by atoms with Gasteiger partial charge in [0.1, 0.15) is 11.8 Å². The van der Waals surface area contributed by atoms with Gasteiger partial charge in [-0.15, -0.1) is 0 Å². The van der Waals surface area contributed by atoms with Gasteiger partial charge >= 0.3 is 6.03 Å². The first-order chi connectivity index (χ1) is 15.8. The van der Waals surface area contributed by atoms with Crippen molar-refractivity contribution in [2.45, 2.75) is 32.5 Å². The van der Waals surface area contributed by atoms with E-state index in [1.165, 1.54) is 4.90 Å². The Bertz CT molecular complexity index is 1050. The number of amides is 4. The molecule has 10 heteroatoms. The van der Waals surface area contributed by atoms with Gasteiger partial charge in [0.25, 0.3) is 5.91 Å². The summed E-state index contributed by atoms with van der Waals surface area (Å²) in [4.78, 5) is 41.0. The number of hydrogen-bond acceptors (Lipinski definition) is 5. The van der Waals surface area contributed by atoms with Crippen molar-refractivity contribution in [1.29, 1.82) is 0 Å². The van der Waals surface area contributed by atoms with Gasteiger partial charge in [-0.25, -0.2) is 4.79 Å². The van der Waals surface area contributed by atoms with Gasteiger partial charge in [0, 0.05) is 24.8 Å². The SMILES string of the molecule is CCOc1ccc(C(=O)N2C[C@@H](C)N(C(=O)NC(CO)C(N)=O)Cc3ccccc32)c(Cl)c1. The molecule has 2 atom stereocenters. The van der Waals surface area contributed by atoms with Crippen LogP contribution in [0.5, 0.6) is 5.75 Å². The summed E-state index contributed by atoms with van der Waals surface area (Å²) in [5.74, 6) is -0.579. The van der Waals surface area contributed by atoms with Gasteiger partial charge in [0.15, 0.2) is 0 Å². The van der Waals surface area contributed by atoms with Gasteiger partial charge in [0.05, 0.1) is 23.8 Å². The van der Waals surface area contributed by atoms with E-state index in [-0.39, 0.29) is 24.0 Å². The van der Waals surface area contributed by atoms with Crippen molar-refractivity contribution in [2.24, 2.45) is 5.73 Å². The van der Waals surface area contributed by atoms with Crippen LogP contribution in [0.15, 0.2) is 42.5 Å². The van der Waals surface area contributed by atoms with Gasteiger partial charge in [0.2, 0.25) is 5.91 Å². The second kappa shape index (κ2) is 10.5. The van der Waals surface area contributed by atoms with Crippen molar-refractivity contribution in [1.82, 2.24) is 10.2 Å². The molecule has 4 N–H and O–H groups in total. The lowest BCUT2D eigenvalue weighted by atomic mass is 10.1. The lowest BCUT2D eigenvalue weighted by molar-refractivity contribution is -0.120. The first kappa shape index (κ1) is 24.3. The fraction of sp³-hybridized carbons (Fsp3) is 0.348. The summed E-state index contributed by atoms with van der Waals surface area (Å²) < 4.78 is 5.45. The van der Waals surface area contributed by atoms with E-state index in [1.807, 2.05) is 31.2 Å². The minimum Gasteiger partial charge on any atom is -0.494 e. The molecular formula is C23H27ClN4O5. The maximum absolute atomic E-state index is 13.5. The molecule has 0 aromatic heterocycles. The molecule has 1 heterocycles. The molecule has 0 saturated heterocycles. The van der Waals surface area contributed by atoms with Crippen LogP contribution >= 0.6 is 11.6 Å². The fourth-order valence-electron chi connectivity index (χ4n) is 3.68. The number of nitrogens with zero attached hydrogens (tertiary/aromatic N) is 2. The number of nitrogens with two attached hydrogens (primary N) is 1. The molecule has 33 heavy (non-hydrogen) atoms. The minimum atomic E-state index is -1.21. The van der Waals surface area contributed by atoms with Crippen LogP contribution < -0.4 is 20.7 Å². The lowest BCUT2D eigenvalue weighted by Crippen LogP contribution is -2.54. The van der Waals surface area contributed by atoms with Gasteiger partial charge in [-0.2, -0.15) is 0 Å². The molecule has 3 rings (SSSR count). The Morgan fingerprint density at radius 3 is 2.64 bits per heavy atom. The molecule has 4 amide bonds. The van der Waals surface area contributed by atoms with Crippen molar-refractivity contribution in [3.05, 3.63) is 58.6 Å². The second-order valence-corrected chi connectivity index (χ2v) is 8.09. The number of ether oxygens (including phenoxy) is 1. The van der Waals surface area contributed by atoms with Gasteiger partial charge in [-0.05, 0) is 43.7 Å². The number of aliphatic hydroxyl groups is 1. The van der Waals surface area contributed by atoms with Crippen molar-refractivity contribution >= 4 is 35.1 Å². The van der Waals surface area contributed by atoms with E-state index in [2.05, 4.69) is 5.32 Å². The largest absolute Gasteiger partial charge is 0.494 e. The summed E-state index contributed by atoms with van der Waals surface area (Å²) in [6.07, 6.45) is 0. The molecule has 9 nitrogen and oxygen atoms in total. The number of fused-ring (bicyclic) bond motifs is 1. The molecular weight excluding hydrogens is 448 g/mol. The fourth-order valence-corrected chi connectivity index (χ4v) is 3.93. The minimum absolute atomic E-state index is 0.188. The predicted molar refractivity (Wildman–Crippen MR) is 124 cm³/mol. The van der Waals surface area contributed by atoms with Crippen LogP contribution in [0.1, 0.15) is 29.8 Å². The number of para-hydroxylation sites is 1. The maximum atomic E-state index is 13.5. The van der Waals surface area contributed by atoms with Crippen LogP contribution in [0.2, 0.25) is 5.02 Å². The van der Waals surface area contributed by atoms with E-state index < -0.39 is 30.6 Å². The molecule has 0 saturated carbocycles. The average molecular weight is 475 g/mol. The second-order valence-electron chi connectivity index (χ2n) is 7.68. The number of benzene rings is 2. The highest BCUT2D eigenvalue weighted by Gasteiger charge is 2.33. The highest BCUT2D eigenvalue weighted by molar-refractivity contribution is 6.34. The molecule has 1 aliphatic heterocycles. The molecule has 0 bridgehead atoms. The van der Waals surface area contributed by atoms with E-state index in [0.717, 1.165) is 5.56 Å². The Kier molecular flexibility index (Phi) is 7.78. The third kappa shape index (κ3) is 5.37. The van der Waals surface area contributed by atoms with E-state index in [1.54, 1.807) is 30.0 Å². The number of anilines is 1. The zero-order valence-corrected chi connectivity index (χ0v) is 19.2. The standard InChI is InChI=1S/C23H27ClN4O5/c1-3-33-16-8-9-17(18(24)10-16)22(31)28-11-14(2)27(12-15-6-4-5-7-20(15)28)23(32)26-19(13-29)21(25)30/h4-10,14,19,29H,3,11-13H2,1-2H3,(H2,25,30)(H,26,32)/t14-,19?/m1/s1.